The Labute approximate surface area is 160 Å². The Kier molecular flexibility index (Phi) is 4.67. The van der Waals surface area contributed by atoms with E-state index in [9.17, 15) is 14.4 Å². The maximum Gasteiger partial charge on any atom is 0.261 e. The normalized spacial score (nSPS) is 12.9. The number of fused-ring (bicyclic) bond motifs is 1. The average molecular weight is 376 g/mol. The molecule has 4 rings (SSSR count). The molecule has 140 valence electrons. The van der Waals surface area contributed by atoms with Crippen LogP contribution >= 0.6 is 0 Å². The number of amides is 3. The third kappa shape index (κ3) is 3.39. The zero-order valence-corrected chi connectivity index (χ0v) is 14.8. The summed E-state index contributed by atoms with van der Waals surface area (Å²) in [5, 5.41) is 6.54. The number of nitrogens with one attached hydrogen (secondary N) is 1. The van der Waals surface area contributed by atoms with Crippen LogP contribution in [0.3, 0.4) is 0 Å². The SMILES string of the molecule is O=C(CCN1C(=O)c2ccccc2C1=O)NCc1nc(-c2ccccc2)no1. The van der Waals surface area contributed by atoms with Crippen molar-refractivity contribution in [3.05, 3.63) is 71.6 Å². The van der Waals surface area contributed by atoms with Crippen LogP contribution in [0.2, 0.25) is 0 Å². The third-order valence-corrected chi connectivity index (χ3v) is 4.38. The topological polar surface area (TPSA) is 105 Å². The van der Waals surface area contributed by atoms with E-state index in [1.165, 1.54) is 0 Å². The highest BCUT2D eigenvalue weighted by atomic mass is 16.5. The third-order valence-electron chi connectivity index (χ3n) is 4.38. The van der Waals surface area contributed by atoms with Gasteiger partial charge in [-0.15, -0.1) is 0 Å². The van der Waals surface area contributed by atoms with Crippen LogP contribution in [0.5, 0.6) is 0 Å². The van der Waals surface area contributed by atoms with E-state index in [0.29, 0.717) is 17.0 Å². The molecule has 0 spiro atoms. The van der Waals surface area contributed by atoms with Gasteiger partial charge in [0.05, 0.1) is 17.7 Å². The van der Waals surface area contributed by atoms with Crippen LogP contribution < -0.4 is 5.32 Å². The molecule has 3 amide bonds. The van der Waals surface area contributed by atoms with Gasteiger partial charge < -0.3 is 9.84 Å². The van der Waals surface area contributed by atoms with Crippen molar-refractivity contribution < 1.29 is 18.9 Å². The molecule has 0 saturated carbocycles. The van der Waals surface area contributed by atoms with Crippen molar-refractivity contribution in [3.63, 3.8) is 0 Å². The first kappa shape index (κ1) is 17.6. The molecule has 2 heterocycles. The van der Waals surface area contributed by atoms with E-state index in [4.69, 9.17) is 4.52 Å². The molecule has 1 aliphatic heterocycles. The van der Waals surface area contributed by atoms with E-state index in [2.05, 4.69) is 15.5 Å². The monoisotopic (exact) mass is 376 g/mol. The predicted octanol–water partition coefficient (Wildman–Crippen LogP) is 2.04. The number of nitrogens with zero attached hydrogens (tertiary/aromatic N) is 3. The lowest BCUT2D eigenvalue weighted by atomic mass is 10.1. The lowest BCUT2D eigenvalue weighted by Gasteiger charge is -2.13. The van der Waals surface area contributed by atoms with Crippen LogP contribution in [0, 0.1) is 0 Å². The molecule has 1 N–H and O–H groups in total. The fourth-order valence-electron chi connectivity index (χ4n) is 2.95. The summed E-state index contributed by atoms with van der Waals surface area (Å²) in [5.41, 5.74) is 1.55. The Bertz CT molecular complexity index is 1010. The number of benzene rings is 2. The largest absolute Gasteiger partial charge is 0.347 e. The average Bonchev–Trinajstić information content (AvgIpc) is 3.30. The molecule has 8 heteroatoms. The van der Waals surface area contributed by atoms with Gasteiger partial charge in [0.15, 0.2) is 0 Å². The quantitative estimate of drug-likeness (QED) is 0.660. The molecular weight excluding hydrogens is 360 g/mol. The van der Waals surface area contributed by atoms with Gasteiger partial charge in [-0.1, -0.05) is 47.6 Å². The number of hydrogen-bond acceptors (Lipinski definition) is 6. The number of imide groups is 1. The molecule has 3 aromatic rings. The lowest BCUT2D eigenvalue weighted by molar-refractivity contribution is -0.121. The van der Waals surface area contributed by atoms with Crippen molar-refractivity contribution in [1.82, 2.24) is 20.4 Å². The fourth-order valence-corrected chi connectivity index (χ4v) is 2.95. The molecule has 0 atom stereocenters. The van der Waals surface area contributed by atoms with E-state index >= 15 is 0 Å². The smallest absolute Gasteiger partial charge is 0.261 e. The first-order valence-electron chi connectivity index (χ1n) is 8.73. The minimum atomic E-state index is -0.377. The first-order valence-corrected chi connectivity index (χ1v) is 8.73. The van der Waals surface area contributed by atoms with Gasteiger partial charge in [0.1, 0.15) is 0 Å². The molecule has 28 heavy (non-hydrogen) atoms. The molecule has 0 radical (unpaired) electrons. The molecule has 0 fully saturated rings. The van der Waals surface area contributed by atoms with Gasteiger partial charge in [0.25, 0.3) is 11.8 Å². The first-order chi connectivity index (χ1) is 13.6. The highest BCUT2D eigenvalue weighted by molar-refractivity contribution is 6.21. The molecule has 1 aliphatic rings. The van der Waals surface area contributed by atoms with E-state index in [-0.39, 0.29) is 43.1 Å². The highest BCUT2D eigenvalue weighted by Crippen LogP contribution is 2.22. The van der Waals surface area contributed by atoms with Crippen LogP contribution in [0.4, 0.5) is 0 Å². The standard InChI is InChI=1S/C20H16N4O4/c25-16(10-11-24-19(26)14-8-4-5-9-15(14)20(24)27)21-12-17-22-18(23-28-17)13-6-2-1-3-7-13/h1-9H,10-12H2,(H,21,25). The summed E-state index contributed by atoms with van der Waals surface area (Å²) in [6, 6.07) is 16.0. The van der Waals surface area contributed by atoms with E-state index < -0.39 is 0 Å². The maximum absolute atomic E-state index is 12.3. The summed E-state index contributed by atoms with van der Waals surface area (Å²) in [6.07, 6.45) is -0.00878. The van der Waals surface area contributed by atoms with Crippen LogP contribution in [-0.2, 0) is 11.3 Å². The summed E-state index contributed by atoms with van der Waals surface area (Å²) in [6.45, 7) is 0.0814. The van der Waals surface area contributed by atoms with Crippen molar-refractivity contribution in [1.29, 1.82) is 0 Å². The fraction of sp³-hybridized carbons (Fsp3) is 0.150. The van der Waals surface area contributed by atoms with Crippen LogP contribution in [0.15, 0.2) is 59.1 Å². The van der Waals surface area contributed by atoms with Crippen molar-refractivity contribution in [2.75, 3.05) is 6.54 Å². The van der Waals surface area contributed by atoms with Crippen LogP contribution in [0.25, 0.3) is 11.4 Å². The molecule has 0 saturated heterocycles. The summed E-state index contributed by atoms with van der Waals surface area (Å²) >= 11 is 0. The van der Waals surface area contributed by atoms with Crippen molar-refractivity contribution in [2.24, 2.45) is 0 Å². The molecule has 1 aromatic heterocycles. The lowest BCUT2D eigenvalue weighted by Crippen LogP contribution is -2.34. The van der Waals surface area contributed by atoms with E-state index in [1.54, 1.807) is 24.3 Å². The Hall–Kier alpha value is -3.81. The number of hydrogen-bond donors (Lipinski definition) is 1. The Morgan fingerprint density at radius 2 is 1.61 bits per heavy atom. The predicted molar refractivity (Wildman–Crippen MR) is 98.0 cm³/mol. The molecule has 8 nitrogen and oxygen atoms in total. The molecular formula is C20H16N4O4. The second kappa shape index (κ2) is 7.43. The van der Waals surface area contributed by atoms with Gasteiger partial charge in [-0.25, -0.2) is 0 Å². The zero-order chi connectivity index (χ0) is 19.5. The van der Waals surface area contributed by atoms with Crippen LogP contribution in [-0.4, -0.2) is 39.3 Å². The molecule has 2 aromatic carbocycles. The number of rotatable bonds is 6. The summed E-state index contributed by atoms with van der Waals surface area (Å²) in [7, 11) is 0. The summed E-state index contributed by atoms with van der Waals surface area (Å²) < 4.78 is 5.13. The molecule has 0 aliphatic carbocycles. The van der Waals surface area contributed by atoms with Crippen molar-refractivity contribution in [2.45, 2.75) is 13.0 Å². The van der Waals surface area contributed by atoms with E-state index in [0.717, 1.165) is 10.5 Å². The van der Waals surface area contributed by atoms with E-state index in [1.807, 2.05) is 30.3 Å². The second-order valence-electron chi connectivity index (χ2n) is 6.21. The van der Waals surface area contributed by atoms with Gasteiger partial charge >= 0.3 is 0 Å². The molecule has 0 unspecified atom stereocenters. The minimum Gasteiger partial charge on any atom is -0.347 e. The Morgan fingerprint density at radius 3 is 2.29 bits per heavy atom. The number of aromatic nitrogens is 2. The zero-order valence-electron chi connectivity index (χ0n) is 14.8. The van der Waals surface area contributed by atoms with Crippen molar-refractivity contribution in [3.8, 4) is 11.4 Å². The number of carbonyl (C=O) groups excluding carboxylic acids is 3. The van der Waals surface area contributed by atoms with Gasteiger partial charge in [-0.05, 0) is 12.1 Å². The van der Waals surface area contributed by atoms with Gasteiger partial charge in [0.2, 0.25) is 17.6 Å². The summed E-state index contributed by atoms with van der Waals surface area (Å²) in [5.74, 6) is -0.365. The summed E-state index contributed by atoms with van der Waals surface area (Å²) in [4.78, 5) is 42.0. The van der Waals surface area contributed by atoms with Crippen LogP contribution in [0.1, 0.15) is 33.0 Å². The number of carbonyl (C=O) groups is 3. The van der Waals surface area contributed by atoms with Crippen molar-refractivity contribution >= 4 is 17.7 Å². The second-order valence-corrected chi connectivity index (χ2v) is 6.21. The minimum absolute atomic E-state index is 0.00878. The Balaban J connectivity index is 1.30. The maximum atomic E-state index is 12.3. The van der Waals surface area contributed by atoms with Gasteiger partial charge in [0, 0.05) is 18.5 Å². The molecule has 0 bridgehead atoms. The van der Waals surface area contributed by atoms with Gasteiger partial charge in [-0.2, -0.15) is 4.98 Å². The Morgan fingerprint density at radius 1 is 0.964 bits per heavy atom. The van der Waals surface area contributed by atoms with Gasteiger partial charge in [-0.3, -0.25) is 19.3 Å². The highest BCUT2D eigenvalue weighted by Gasteiger charge is 2.34.